The normalized spacial score (nSPS) is 12.0. The van der Waals surface area contributed by atoms with Gasteiger partial charge in [0.25, 0.3) is 10.0 Å². The molecular weight excluding hydrogens is 982 g/mol. The molecule has 8 aromatic rings. The number of methoxy groups -OCH3 is 3. The fraction of sp³-hybridized carbons (Fsp3) is 0.0833. The predicted octanol–water partition coefficient (Wildman–Crippen LogP) is 8.41. The quantitative estimate of drug-likeness (QED) is 0.0942. The summed E-state index contributed by atoms with van der Waals surface area (Å²) in [4.78, 5) is 19.1. The molecule has 18 heteroatoms. The van der Waals surface area contributed by atoms with Gasteiger partial charge in [0.1, 0.15) is 33.4 Å². The maximum Gasteiger partial charge on any atom is 0.391 e. The fourth-order valence-corrected chi connectivity index (χ4v) is 8.29. The summed E-state index contributed by atoms with van der Waals surface area (Å²) in [6.07, 6.45) is 10.3. The van der Waals surface area contributed by atoms with Gasteiger partial charge in [-0.15, -0.1) is 0 Å². The summed E-state index contributed by atoms with van der Waals surface area (Å²) in [6, 6.07) is 24.1. The van der Waals surface area contributed by atoms with Crippen LogP contribution in [0.25, 0.3) is 33.1 Å². The number of aromatic nitrogens is 6. The minimum absolute atomic E-state index is 0.232. The van der Waals surface area contributed by atoms with Crippen molar-refractivity contribution in [1.82, 2.24) is 28.9 Å². The Morgan fingerprint density at radius 2 is 1.22 bits per heavy atom. The zero-order chi connectivity index (χ0) is 38.9. The van der Waals surface area contributed by atoms with Crippen molar-refractivity contribution in [2.75, 3.05) is 21.3 Å². The molecule has 0 fully saturated rings. The van der Waals surface area contributed by atoms with E-state index in [-0.39, 0.29) is 9.79 Å². The van der Waals surface area contributed by atoms with E-state index in [2.05, 4.69) is 70.1 Å². The molecule has 54 heavy (non-hydrogen) atoms. The van der Waals surface area contributed by atoms with Crippen molar-refractivity contribution in [2.45, 2.75) is 9.79 Å². The molecule has 6 aromatic heterocycles. The Morgan fingerprint density at radius 3 is 1.80 bits per heavy atom. The maximum atomic E-state index is 12.7. The molecule has 0 amide bonds. The number of H-pyrrole nitrogens is 2. The van der Waals surface area contributed by atoms with E-state index in [1.54, 1.807) is 94.5 Å². The van der Waals surface area contributed by atoms with E-state index in [0.29, 0.717) is 11.4 Å². The first-order chi connectivity index (χ1) is 25.8. The third-order valence-corrected chi connectivity index (χ3v) is 12.2. The van der Waals surface area contributed by atoms with E-state index < -0.39 is 19.1 Å². The Morgan fingerprint density at radius 1 is 0.685 bits per heavy atom. The number of hydrogen-bond acceptors (Lipinski definition) is 9. The van der Waals surface area contributed by atoms with E-state index in [4.69, 9.17) is 29.1 Å². The van der Waals surface area contributed by atoms with E-state index in [1.165, 1.54) is 22.3 Å². The Labute approximate surface area is 342 Å². The lowest BCUT2D eigenvalue weighted by molar-refractivity contribution is 0.413. The number of benzene rings is 2. The van der Waals surface area contributed by atoms with E-state index in [9.17, 15) is 12.6 Å². The van der Waals surface area contributed by atoms with Gasteiger partial charge in [-0.1, -0.05) is 36.4 Å². The molecule has 0 saturated heterocycles. The molecular formula is C36H32ClI2N6O7S2+. The summed E-state index contributed by atoms with van der Waals surface area (Å²) < 4.78 is 63.3. The maximum absolute atomic E-state index is 12.7. The van der Waals surface area contributed by atoms with Gasteiger partial charge in [0.15, 0.2) is 5.65 Å². The van der Waals surface area contributed by atoms with Crippen LogP contribution in [0, 0.1) is 7.14 Å². The molecule has 8 rings (SSSR count). The summed E-state index contributed by atoms with van der Waals surface area (Å²) in [5.74, 6) is 2.17. The van der Waals surface area contributed by atoms with Crippen LogP contribution in [0.3, 0.4) is 0 Å². The monoisotopic (exact) mass is 1010 g/mol. The first kappa shape index (κ1) is 40.7. The number of pyridine rings is 3. The number of halogens is 3. The lowest BCUT2D eigenvalue weighted by Crippen LogP contribution is -2.12. The molecule has 0 bridgehead atoms. The third-order valence-electron chi connectivity index (χ3n) is 7.41. The number of nitrogens with one attached hydrogen (secondary N) is 2. The highest BCUT2D eigenvalue weighted by Gasteiger charge is 2.21. The van der Waals surface area contributed by atoms with Gasteiger partial charge in [0.2, 0.25) is 0 Å². The van der Waals surface area contributed by atoms with Gasteiger partial charge in [-0.25, -0.2) is 31.6 Å². The number of nitrogens with zero attached hydrogens (tertiary/aromatic N) is 4. The summed E-state index contributed by atoms with van der Waals surface area (Å²) in [5.41, 5.74) is 2.19. The molecule has 1 unspecified atom stereocenters. The standard InChI is InChI=1S/C14H11IN2O3S.C8H7IN2O.C8H8N2O.C6H5ClO2S/c1-20-10-7-12-13(15)9-17(14(12)16-8-10)21(18,19)11-5-3-2-4-6-11;1-12-5-2-6-7(9)4-11-8(6)10-3-5;1-11-7-4-6-2-3-9-8(6)10-5-7;7-10(8,9)6-4-2-1-3-5-6/h2-9H,1H3;2-4H,1H3,(H,10,11);2-5H,1H3,(H,9,10);1-5H/p+1. The van der Waals surface area contributed by atoms with Crippen LogP contribution in [0.4, 0.5) is 0 Å². The van der Waals surface area contributed by atoms with Crippen molar-refractivity contribution in [1.29, 1.82) is 0 Å². The molecule has 1 atom stereocenters. The molecule has 3 N–H and O–H groups in total. The lowest BCUT2D eigenvalue weighted by atomic mass is 10.3. The Hall–Kier alpha value is -4.44. The fourth-order valence-electron chi connectivity index (χ4n) is 4.71. The van der Waals surface area contributed by atoms with Crippen molar-refractivity contribution in [3.8, 4) is 17.2 Å². The van der Waals surface area contributed by atoms with E-state index in [0.717, 1.165) is 46.1 Å². The van der Waals surface area contributed by atoms with Crippen LogP contribution < -0.4 is 14.2 Å². The summed E-state index contributed by atoms with van der Waals surface area (Å²) in [7, 11) is 3.03. The summed E-state index contributed by atoms with van der Waals surface area (Å²) in [6.45, 7) is 0. The van der Waals surface area contributed by atoms with Gasteiger partial charge in [-0.05, 0) is 93.7 Å². The van der Waals surface area contributed by atoms with Crippen LogP contribution in [0.1, 0.15) is 0 Å². The van der Waals surface area contributed by atoms with Crippen LogP contribution in [0.5, 0.6) is 17.2 Å². The summed E-state index contributed by atoms with van der Waals surface area (Å²) >= 11 is 4.35. The largest absolute Gasteiger partial charge is 0.495 e. The highest BCUT2D eigenvalue weighted by Crippen LogP contribution is 2.28. The average Bonchev–Trinajstić information content (AvgIpc) is 3.92. The predicted molar refractivity (Wildman–Crippen MR) is 227 cm³/mol. The van der Waals surface area contributed by atoms with Crippen LogP contribution >= 0.6 is 55.9 Å². The Bertz CT molecular complexity index is 2710. The topological polar surface area (TPSA) is 175 Å². The van der Waals surface area contributed by atoms with Crippen molar-refractivity contribution in [3.05, 3.63) is 129 Å². The lowest BCUT2D eigenvalue weighted by Gasteiger charge is -2.06. The number of hydrogen-bond donors (Lipinski definition) is 2. The highest BCUT2D eigenvalue weighted by atomic mass is 127. The van der Waals surface area contributed by atoms with Gasteiger partial charge in [0.05, 0.1) is 55.5 Å². The second kappa shape index (κ2) is 18.3. The van der Waals surface area contributed by atoms with Crippen LogP contribution in [-0.4, -0.2) is 67.1 Å². The molecule has 0 radical (unpaired) electrons. The van der Waals surface area contributed by atoms with Crippen molar-refractivity contribution in [3.63, 3.8) is 0 Å². The molecule has 0 spiro atoms. The zero-order valence-corrected chi connectivity index (χ0v) is 35.4. The second-order valence-electron chi connectivity index (χ2n) is 10.8. The van der Waals surface area contributed by atoms with E-state index in [1.807, 2.05) is 30.6 Å². The van der Waals surface area contributed by atoms with Crippen LogP contribution in [0.15, 0.2) is 132 Å². The second-order valence-corrected chi connectivity index (χ2v) is 17.6. The number of aromatic amines is 2. The number of ether oxygens (including phenoxy) is 3. The SMILES string of the molecule is COc1cnc2[nH]cc(I)c2c1.COc1cnc2[nH]ccc2c1.COc1cnc2c(c1)c(I)cn2S(=O)(=O)c1ccccc1.O=S(=[OH+])(Cl)c1ccccc1. The molecule has 0 saturated carbocycles. The van der Waals surface area contributed by atoms with Crippen LogP contribution in [0.2, 0.25) is 0 Å². The Balaban J connectivity index is 0.000000146. The Kier molecular flexibility index (Phi) is 13.8. The average molecular weight is 1010 g/mol. The minimum atomic E-state index is -3.66. The minimum Gasteiger partial charge on any atom is -0.495 e. The van der Waals surface area contributed by atoms with Gasteiger partial charge in [0, 0.05) is 41.9 Å². The van der Waals surface area contributed by atoms with Gasteiger partial charge >= 0.3 is 9.05 Å². The molecule has 0 aliphatic heterocycles. The number of fused-ring (bicyclic) bond motifs is 3. The van der Waals surface area contributed by atoms with Gasteiger partial charge < -0.3 is 24.2 Å². The first-order valence-corrected chi connectivity index (χ1v) is 21.5. The van der Waals surface area contributed by atoms with Gasteiger partial charge in [-0.2, -0.15) is 4.21 Å². The summed E-state index contributed by atoms with van der Waals surface area (Å²) in [5, 5.41) is 2.92. The van der Waals surface area contributed by atoms with Gasteiger partial charge in [-0.3, -0.25) is 0 Å². The number of rotatable bonds is 6. The molecule has 0 aliphatic carbocycles. The van der Waals surface area contributed by atoms with Crippen molar-refractivity contribution < 1.29 is 31.0 Å². The molecule has 13 nitrogen and oxygen atoms in total. The highest BCUT2D eigenvalue weighted by molar-refractivity contribution is 14.1. The van der Waals surface area contributed by atoms with Crippen molar-refractivity contribution in [2.24, 2.45) is 0 Å². The molecule has 2 aromatic carbocycles. The third kappa shape index (κ3) is 10.00. The van der Waals surface area contributed by atoms with E-state index >= 15 is 0 Å². The van der Waals surface area contributed by atoms with Crippen LogP contribution in [-0.2, 0) is 19.1 Å². The molecule has 0 aliphatic rings. The van der Waals surface area contributed by atoms with Crippen molar-refractivity contribution >= 4 is 108 Å². The first-order valence-electron chi connectivity index (χ1n) is 15.5. The zero-order valence-electron chi connectivity index (χ0n) is 28.7. The molecule has 280 valence electrons. The smallest absolute Gasteiger partial charge is 0.391 e. The molecule has 6 heterocycles.